The maximum Gasteiger partial charge on any atom is 2.00 e. The predicted molar refractivity (Wildman–Crippen MR) is 176 cm³/mol. The van der Waals surface area contributed by atoms with Gasteiger partial charge in [0.15, 0.2) is 46.0 Å². The first-order valence-electron chi connectivity index (χ1n) is 15.2. The number of aliphatic carboxylic acids is 2. The number of rotatable bonds is 12. The van der Waals surface area contributed by atoms with Gasteiger partial charge in [0.25, 0.3) is 0 Å². The van der Waals surface area contributed by atoms with Gasteiger partial charge in [-0.25, -0.2) is 4.79 Å². The van der Waals surface area contributed by atoms with E-state index in [1.807, 2.05) is 0 Å². The van der Waals surface area contributed by atoms with Gasteiger partial charge in [-0.3, -0.25) is 4.79 Å². The van der Waals surface area contributed by atoms with Gasteiger partial charge in [0.2, 0.25) is 0 Å². The van der Waals surface area contributed by atoms with Gasteiger partial charge >= 0.3 is 35.0 Å². The molecule has 4 atom stereocenters. The van der Waals surface area contributed by atoms with E-state index < -0.39 is 101 Å². The average Bonchev–Trinajstić information content (AvgIpc) is 3.50. The summed E-state index contributed by atoms with van der Waals surface area (Å²) < 4.78 is 16.3. The zero-order valence-corrected chi connectivity index (χ0v) is 28.7. The molecule has 0 saturated heterocycles. The summed E-state index contributed by atoms with van der Waals surface area (Å²) in [6.45, 7) is 0. The summed E-state index contributed by atoms with van der Waals surface area (Å²) in [7, 11) is 0. The molecule has 7 N–H and O–H groups in total. The van der Waals surface area contributed by atoms with Crippen LogP contribution >= 0.6 is 0 Å². The van der Waals surface area contributed by atoms with Crippen LogP contribution < -0.4 is 14.9 Å². The minimum Gasteiger partial charge on any atom is -0.546 e. The zero-order chi connectivity index (χ0) is 37.9. The third-order valence-corrected chi connectivity index (χ3v) is 8.01. The first kappa shape index (κ1) is 39.5. The largest absolute Gasteiger partial charge is 2.00 e. The Kier molecular flexibility index (Phi) is 12.2. The summed E-state index contributed by atoms with van der Waals surface area (Å²) in [6.07, 6.45) is -4.31. The first-order valence-corrected chi connectivity index (χ1v) is 15.2. The van der Waals surface area contributed by atoms with Crippen molar-refractivity contribution in [1.29, 1.82) is 0 Å². The van der Waals surface area contributed by atoms with E-state index in [1.54, 1.807) is 0 Å². The van der Waals surface area contributed by atoms with Gasteiger partial charge in [-0.05, 0) is 70.8 Å². The number of carboxylic acid groups (broad SMARTS) is 2. The molecule has 1 unspecified atom stereocenters. The Bertz CT molecular complexity index is 2090. The second-order valence-electron chi connectivity index (χ2n) is 11.6. The van der Waals surface area contributed by atoms with E-state index in [4.69, 9.17) is 14.2 Å². The molecule has 0 aliphatic carbocycles. The Morgan fingerprint density at radius 3 is 1.66 bits per heavy atom. The predicted octanol–water partition coefficient (Wildman–Crippen LogP) is 0.284. The number of benzene rings is 4. The Balaban J connectivity index is 0.00000627. The maximum absolute atomic E-state index is 13.9. The summed E-state index contributed by atoms with van der Waals surface area (Å²) in [4.78, 5) is 50.6. The number of carbonyl (C=O) groups is 4. The van der Waals surface area contributed by atoms with Gasteiger partial charge < -0.3 is 69.8 Å². The fourth-order valence-electron chi connectivity index (χ4n) is 5.48. The summed E-state index contributed by atoms with van der Waals surface area (Å²) in [5, 5.41) is 93.3. The molecule has 5 rings (SSSR count). The Morgan fingerprint density at radius 2 is 1.15 bits per heavy atom. The monoisotopic (exact) mass is 740 g/mol. The Hall–Kier alpha value is -6.33. The second-order valence-corrected chi connectivity index (χ2v) is 11.6. The molecule has 0 radical (unpaired) electrons. The molecule has 0 aromatic heterocycles. The van der Waals surface area contributed by atoms with Gasteiger partial charge in [-0.1, -0.05) is 24.3 Å². The molecular weight excluding hydrogens is 713 g/mol. The summed E-state index contributed by atoms with van der Waals surface area (Å²) in [6, 6.07) is 12.7. The molecule has 270 valence electrons. The van der Waals surface area contributed by atoms with Crippen LogP contribution in [0.2, 0.25) is 0 Å². The molecule has 0 spiro atoms. The van der Waals surface area contributed by atoms with Crippen LogP contribution in [0.25, 0.3) is 6.08 Å². The molecule has 53 heavy (non-hydrogen) atoms. The van der Waals surface area contributed by atoms with Crippen molar-refractivity contribution < 1.29 is 79.3 Å². The zero-order valence-electron chi connectivity index (χ0n) is 27.2. The number of hydrogen-bond donors (Lipinski definition) is 7. The van der Waals surface area contributed by atoms with Crippen molar-refractivity contribution in [2.45, 2.75) is 37.1 Å². The van der Waals surface area contributed by atoms with E-state index in [0.717, 1.165) is 54.6 Å². The van der Waals surface area contributed by atoms with E-state index in [2.05, 4.69) is 0 Å². The van der Waals surface area contributed by atoms with Gasteiger partial charge in [0.1, 0.15) is 24.2 Å². The number of ether oxygens (including phenoxy) is 3. The number of phenolic OH excluding ortho intramolecular Hbond substituents is 7. The van der Waals surface area contributed by atoms with E-state index in [1.165, 1.54) is 24.3 Å². The minimum absolute atomic E-state index is 0. The number of fused-ring (bicyclic) bond motifs is 1. The second kappa shape index (κ2) is 16.3. The van der Waals surface area contributed by atoms with Crippen molar-refractivity contribution >= 4 is 53.0 Å². The van der Waals surface area contributed by atoms with Crippen LogP contribution in [0.15, 0.2) is 72.8 Å². The topological polar surface area (TPSA) is 284 Å². The molecule has 0 fully saturated rings. The number of carboxylic acids is 2. The molecule has 4 aromatic rings. The van der Waals surface area contributed by atoms with Crippen molar-refractivity contribution in [2.75, 3.05) is 0 Å². The van der Waals surface area contributed by atoms with Crippen LogP contribution in [0, 0.1) is 0 Å². The average molecular weight is 741 g/mol. The van der Waals surface area contributed by atoms with Crippen LogP contribution in [-0.2, 0) is 41.5 Å². The number of aromatic hydroxyl groups is 7. The molecule has 0 bridgehead atoms. The summed E-state index contributed by atoms with van der Waals surface area (Å²) in [5.41, 5.74) is 0.269. The molecule has 1 aliphatic heterocycles. The normalized spacial score (nSPS) is 15.7. The fraction of sp³-hybridized carbons (Fsp3) is 0.167. The van der Waals surface area contributed by atoms with Crippen molar-refractivity contribution in [1.82, 2.24) is 0 Å². The van der Waals surface area contributed by atoms with Gasteiger partial charge in [0.05, 0.1) is 11.9 Å². The quantitative estimate of drug-likeness (QED) is 0.0444. The smallest absolute Gasteiger partial charge is 0.546 e. The Morgan fingerprint density at radius 1 is 0.660 bits per heavy atom. The molecule has 0 amide bonds. The van der Waals surface area contributed by atoms with Crippen LogP contribution in [0.3, 0.4) is 0 Å². The number of phenols is 7. The van der Waals surface area contributed by atoms with Crippen LogP contribution in [0.1, 0.15) is 39.8 Å². The van der Waals surface area contributed by atoms with Crippen LogP contribution in [-0.4, -0.2) is 94.9 Å². The third kappa shape index (κ3) is 8.94. The van der Waals surface area contributed by atoms with Gasteiger partial charge in [0, 0.05) is 24.5 Å². The fourth-order valence-corrected chi connectivity index (χ4v) is 5.48. The Labute approximate surface area is 315 Å². The van der Waals surface area contributed by atoms with E-state index in [0.29, 0.717) is 0 Å². The molecule has 16 nitrogen and oxygen atoms in total. The van der Waals surface area contributed by atoms with Gasteiger partial charge in [-0.2, -0.15) is 0 Å². The van der Waals surface area contributed by atoms with Crippen LogP contribution in [0.4, 0.5) is 0 Å². The summed E-state index contributed by atoms with van der Waals surface area (Å²) in [5.74, 6) is -11.6. The summed E-state index contributed by atoms with van der Waals surface area (Å²) >= 11 is 0. The van der Waals surface area contributed by atoms with Crippen molar-refractivity contribution in [2.24, 2.45) is 0 Å². The molecule has 0 saturated carbocycles. The first-order chi connectivity index (χ1) is 24.6. The number of carbonyl (C=O) groups excluding carboxylic acids is 4. The van der Waals surface area contributed by atoms with Crippen LogP contribution in [0.5, 0.6) is 46.0 Å². The number of hydrogen-bond acceptors (Lipinski definition) is 16. The van der Waals surface area contributed by atoms with Gasteiger partial charge in [-0.15, -0.1) is 0 Å². The SMILES string of the molecule is O=C(/C=C/c1ccc(O)c2c1C(C(=O)O[C@H](Cc1ccc(O)c(O)c1)C(=O)[O-])[C@@H](c1ccc(O)c(O)c1)O2)O[C@H](Cc1ccc(O)c(O)c1)C(=O)[O-].[Mg+2]. The molecular formula is C36H28MgO16. The molecule has 1 aliphatic rings. The van der Waals surface area contributed by atoms with Crippen molar-refractivity contribution in [3.05, 3.63) is 101 Å². The van der Waals surface area contributed by atoms with E-state index in [-0.39, 0.29) is 56.6 Å². The molecule has 17 heteroatoms. The number of esters is 2. The van der Waals surface area contributed by atoms with Crippen molar-refractivity contribution in [3.8, 4) is 46.0 Å². The van der Waals surface area contributed by atoms with E-state index >= 15 is 0 Å². The maximum atomic E-state index is 13.9. The molecule has 1 heterocycles. The minimum atomic E-state index is -1.96. The van der Waals surface area contributed by atoms with E-state index in [9.17, 15) is 65.1 Å². The third-order valence-electron chi connectivity index (χ3n) is 8.01. The molecule has 4 aromatic carbocycles. The van der Waals surface area contributed by atoms with Crippen molar-refractivity contribution in [3.63, 3.8) is 0 Å². The standard InChI is InChI=1S/C36H30O16.Mg/c37-20-6-1-16(11-24(20)41)13-27(34(45)46)50-29(44)10-5-18-3-9-23(40)33-30(18)31(32(52-33)19-4-8-22(39)26(43)15-19)36(49)51-28(35(47)48)14-17-2-7-21(38)25(42)12-17;/h1-12,15,27-28,31-32,37-43H,13-14H2,(H,45,46)(H,47,48);/q;+2/p-2/b10-5+;/t27-,28-,31?,32-;/m1./s1.